The summed E-state index contributed by atoms with van der Waals surface area (Å²) in [4.78, 5) is 18.4. The Morgan fingerprint density at radius 2 is 2.29 bits per heavy atom. The molecule has 0 amide bonds. The number of nitrogens with zero attached hydrogens (tertiary/aromatic N) is 4. The van der Waals surface area contributed by atoms with E-state index in [1.54, 1.807) is 29.2 Å². The molecule has 0 fully saturated rings. The van der Waals surface area contributed by atoms with Gasteiger partial charge in [-0.25, -0.2) is 9.67 Å². The van der Waals surface area contributed by atoms with Crippen molar-refractivity contribution in [3.05, 3.63) is 35.8 Å². The van der Waals surface area contributed by atoms with Gasteiger partial charge in [-0.1, -0.05) is 0 Å². The average molecular weight is 229 g/mol. The third kappa shape index (κ3) is 2.20. The molecular formula is C11H11N5O. The molecule has 0 spiro atoms. The van der Waals surface area contributed by atoms with Crippen LogP contribution in [0.2, 0.25) is 0 Å². The lowest BCUT2D eigenvalue weighted by Crippen LogP contribution is -2.06. The molecule has 0 saturated carbocycles. The monoisotopic (exact) mass is 229 g/mol. The zero-order valence-corrected chi connectivity index (χ0v) is 9.24. The maximum Gasteiger partial charge on any atom is 0.252 e. The van der Waals surface area contributed by atoms with Crippen molar-refractivity contribution in [3.8, 4) is 5.95 Å². The minimum absolute atomic E-state index is 0.384. The van der Waals surface area contributed by atoms with E-state index in [4.69, 9.17) is 5.73 Å². The van der Waals surface area contributed by atoms with E-state index in [1.807, 2.05) is 6.92 Å². The number of allylic oxidation sites excluding steroid dienone is 1. The van der Waals surface area contributed by atoms with Crippen molar-refractivity contribution in [1.82, 2.24) is 19.7 Å². The van der Waals surface area contributed by atoms with Crippen LogP contribution in [0, 0.1) is 6.92 Å². The zero-order chi connectivity index (χ0) is 12.3. The smallest absolute Gasteiger partial charge is 0.252 e. The fourth-order valence-corrected chi connectivity index (χ4v) is 1.39. The number of anilines is 1. The standard InChI is InChI=1S/C11H11N5O/c1-8-9(3-2-6-17)7-14-16(8)11-13-5-4-10(12)15-11/h2-7H,1H3,(H2,12,13,15). The summed E-state index contributed by atoms with van der Waals surface area (Å²) in [5, 5.41) is 4.15. The van der Waals surface area contributed by atoms with Crippen molar-refractivity contribution < 1.29 is 4.79 Å². The zero-order valence-electron chi connectivity index (χ0n) is 9.24. The number of carbonyl (C=O) groups is 1. The number of rotatable bonds is 3. The highest BCUT2D eigenvalue weighted by atomic mass is 16.1. The third-order valence-electron chi connectivity index (χ3n) is 2.26. The molecule has 6 heteroatoms. The second-order valence-corrected chi connectivity index (χ2v) is 3.37. The first kappa shape index (κ1) is 11.0. The van der Waals surface area contributed by atoms with Crippen molar-refractivity contribution >= 4 is 18.2 Å². The van der Waals surface area contributed by atoms with Gasteiger partial charge < -0.3 is 5.73 Å². The highest BCUT2D eigenvalue weighted by molar-refractivity contribution is 5.74. The third-order valence-corrected chi connectivity index (χ3v) is 2.26. The van der Waals surface area contributed by atoms with Gasteiger partial charge in [0.25, 0.3) is 5.95 Å². The summed E-state index contributed by atoms with van der Waals surface area (Å²) in [6, 6.07) is 1.61. The molecule has 2 heterocycles. The van der Waals surface area contributed by atoms with Crippen LogP contribution in [0.5, 0.6) is 0 Å². The molecule has 86 valence electrons. The number of aromatic nitrogens is 4. The van der Waals surface area contributed by atoms with Gasteiger partial charge in [-0.05, 0) is 25.1 Å². The maximum atomic E-state index is 10.3. The van der Waals surface area contributed by atoms with E-state index in [0.717, 1.165) is 11.3 Å². The predicted octanol–water partition coefficient (Wildman–Crippen LogP) is 0.765. The van der Waals surface area contributed by atoms with Gasteiger partial charge in [0.15, 0.2) is 0 Å². The summed E-state index contributed by atoms with van der Waals surface area (Å²) in [5.74, 6) is 0.795. The quantitative estimate of drug-likeness (QED) is 0.620. The largest absolute Gasteiger partial charge is 0.384 e. The second kappa shape index (κ2) is 4.56. The minimum Gasteiger partial charge on any atom is -0.384 e. The highest BCUT2D eigenvalue weighted by Gasteiger charge is 2.08. The van der Waals surface area contributed by atoms with Gasteiger partial charge in [0.1, 0.15) is 12.1 Å². The van der Waals surface area contributed by atoms with Crippen LogP contribution in [0.3, 0.4) is 0 Å². The van der Waals surface area contributed by atoms with E-state index < -0.39 is 0 Å². The van der Waals surface area contributed by atoms with Gasteiger partial charge in [0, 0.05) is 11.8 Å². The average Bonchev–Trinajstić information content (AvgIpc) is 2.68. The Morgan fingerprint density at radius 1 is 1.47 bits per heavy atom. The Balaban J connectivity index is 2.44. The molecular weight excluding hydrogens is 218 g/mol. The Bertz CT molecular complexity index is 573. The van der Waals surface area contributed by atoms with Crippen molar-refractivity contribution in [2.75, 3.05) is 5.73 Å². The van der Waals surface area contributed by atoms with Crippen LogP contribution in [-0.2, 0) is 4.79 Å². The number of hydrogen-bond donors (Lipinski definition) is 1. The molecule has 2 aromatic heterocycles. The number of nitrogens with two attached hydrogens (primary N) is 1. The van der Waals surface area contributed by atoms with Crippen LogP contribution in [0.15, 0.2) is 24.5 Å². The van der Waals surface area contributed by atoms with Crippen molar-refractivity contribution in [2.24, 2.45) is 0 Å². The molecule has 6 nitrogen and oxygen atoms in total. The second-order valence-electron chi connectivity index (χ2n) is 3.37. The van der Waals surface area contributed by atoms with Gasteiger partial charge in [-0.3, -0.25) is 4.79 Å². The first-order valence-corrected chi connectivity index (χ1v) is 4.97. The van der Waals surface area contributed by atoms with E-state index in [1.165, 1.54) is 6.08 Å². The maximum absolute atomic E-state index is 10.3. The minimum atomic E-state index is 0.384. The summed E-state index contributed by atoms with van der Waals surface area (Å²) in [5.41, 5.74) is 7.26. The Labute approximate surface area is 97.8 Å². The van der Waals surface area contributed by atoms with Gasteiger partial charge in [-0.2, -0.15) is 10.1 Å². The number of hydrogen-bond acceptors (Lipinski definition) is 5. The fourth-order valence-electron chi connectivity index (χ4n) is 1.39. The summed E-state index contributed by atoms with van der Waals surface area (Å²) < 4.78 is 1.57. The van der Waals surface area contributed by atoms with Crippen LogP contribution < -0.4 is 5.73 Å². The topological polar surface area (TPSA) is 86.7 Å². The molecule has 0 bridgehead atoms. The summed E-state index contributed by atoms with van der Waals surface area (Å²) >= 11 is 0. The molecule has 0 aromatic carbocycles. The molecule has 2 aromatic rings. The first-order valence-electron chi connectivity index (χ1n) is 4.97. The molecule has 0 atom stereocenters. The molecule has 0 aliphatic heterocycles. The molecule has 0 saturated heterocycles. The van der Waals surface area contributed by atoms with Gasteiger partial charge in [0.05, 0.1) is 11.9 Å². The molecule has 17 heavy (non-hydrogen) atoms. The van der Waals surface area contributed by atoms with E-state index in [9.17, 15) is 4.79 Å². The van der Waals surface area contributed by atoms with Crippen LogP contribution in [-0.4, -0.2) is 26.0 Å². The Hall–Kier alpha value is -2.50. The lowest BCUT2D eigenvalue weighted by molar-refractivity contribution is -0.104. The Morgan fingerprint density at radius 3 is 3.00 bits per heavy atom. The fraction of sp³-hybridized carbons (Fsp3) is 0.0909. The van der Waals surface area contributed by atoms with Crippen LogP contribution >= 0.6 is 0 Å². The normalized spacial score (nSPS) is 10.9. The van der Waals surface area contributed by atoms with Crippen molar-refractivity contribution in [3.63, 3.8) is 0 Å². The van der Waals surface area contributed by atoms with E-state index >= 15 is 0 Å². The number of nitrogen functional groups attached to an aromatic ring is 1. The molecule has 2 N–H and O–H groups in total. The number of carbonyl (C=O) groups excluding carboxylic acids is 1. The molecule has 2 rings (SSSR count). The van der Waals surface area contributed by atoms with Gasteiger partial charge in [0.2, 0.25) is 0 Å². The SMILES string of the molecule is Cc1c(C=CC=O)cnn1-c1nccc(N)n1. The Kier molecular flexibility index (Phi) is 2.95. The lowest BCUT2D eigenvalue weighted by atomic mass is 10.2. The van der Waals surface area contributed by atoms with E-state index in [-0.39, 0.29) is 0 Å². The van der Waals surface area contributed by atoms with Crippen molar-refractivity contribution in [2.45, 2.75) is 6.92 Å². The molecule has 0 aliphatic carbocycles. The highest BCUT2D eigenvalue weighted by Crippen LogP contribution is 2.12. The molecule has 0 unspecified atom stereocenters. The van der Waals surface area contributed by atoms with Crippen molar-refractivity contribution in [1.29, 1.82) is 0 Å². The predicted molar refractivity (Wildman–Crippen MR) is 63.4 cm³/mol. The van der Waals surface area contributed by atoms with Crippen LogP contribution in [0.1, 0.15) is 11.3 Å². The van der Waals surface area contributed by atoms with E-state index in [2.05, 4.69) is 15.1 Å². The molecule has 0 radical (unpaired) electrons. The van der Waals surface area contributed by atoms with Gasteiger partial charge in [-0.15, -0.1) is 0 Å². The summed E-state index contributed by atoms with van der Waals surface area (Å²) in [6.07, 6.45) is 7.02. The number of aldehydes is 1. The van der Waals surface area contributed by atoms with Crippen LogP contribution in [0.25, 0.3) is 12.0 Å². The summed E-state index contributed by atoms with van der Waals surface area (Å²) in [6.45, 7) is 1.87. The first-order chi connectivity index (χ1) is 8.22. The van der Waals surface area contributed by atoms with Gasteiger partial charge >= 0.3 is 0 Å². The van der Waals surface area contributed by atoms with Crippen LogP contribution in [0.4, 0.5) is 5.82 Å². The molecule has 0 aliphatic rings. The summed E-state index contributed by atoms with van der Waals surface area (Å²) in [7, 11) is 0. The van der Waals surface area contributed by atoms with E-state index in [0.29, 0.717) is 18.1 Å². The lowest BCUT2D eigenvalue weighted by Gasteiger charge is -2.02.